The summed E-state index contributed by atoms with van der Waals surface area (Å²) in [5, 5.41) is 9.49. The van der Waals surface area contributed by atoms with Crippen LogP contribution in [0.1, 0.15) is 5.69 Å². The van der Waals surface area contributed by atoms with Crippen molar-refractivity contribution in [3.05, 3.63) is 36.2 Å². The number of hydrogen-bond donors (Lipinski definition) is 1. The molecule has 0 saturated carbocycles. The number of carboxylic acid groups (broad SMARTS) is 1. The number of carbonyl (C=O) groups is 1. The average molecular weight is 294 g/mol. The van der Waals surface area contributed by atoms with Gasteiger partial charge < -0.3 is 5.11 Å². The first-order valence-electron chi connectivity index (χ1n) is 5.66. The third kappa shape index (κ3) is 3.13. The number of para-hydroxylation sites is 1. The molecule has 2 rings (SSSR count). The van der Waals surface area contributed by atoms with Gasteiger partial charge >= 0.3 is 5.97 Å². The largest absolute Gasteiger partial charge is 0.481 e. The van der Waals surface area contributed by atoms with Gasteiger partial charge in [0, 0.05) is 16.8 Å². The van der Waals surface area contributed by atoms with Crippen molar-refractivity contribution in [3.8, 4) is 5.69 Å². The zero-order chi connectivity index (χ0) is 13.8. The highest BCUT2D eigenvalue weighted by molar-refractivity contribution is 7.99. The minimum atomic E-state index is -0.838. The van der Waals surface area contributed by atoms with Crippen molar-refractivity contribution in [2.45, 2.75) is 17.0 Å². The predicted molar refractivity (Wildman–Crippen MR) is 78.4 cm³/mol. The molecule has 0 unspecified atom stereocenters. The van der Waals surface area contributed by atoms with Crippen LogP contribution in [0.15, 0.2) is 40.5 Å². The van der Waals surface area contributed by atoms with E-state index in [2.05, 4.69) is 4.98 Å². The monoisotopic (exact) mass is 294 g/mol. The number of hydrogen-bond acceptors (Lipinski definition) is 4. The Balaban J connectivity index is 2.43. The molecule has 1 heterocycles. The molecule has 1 aromatic heterocycles. The molecular weight excluding hydrogens is 280 g/mol. The van der Waals surface area contributed by atoms with E-state index in [1.165, 1.54) is 11.8 Å². The summed E-state index contributed by atoms with van der Waals surface area (Å²) in [5.41, 5.74) is 2.03. The van der Waals surface area contributed by atoms with Gasteiger partial charge in [-0.15, -0.1) is 11.8 Å². The summed E-state index contributed by atoms with van der Waals surface area (Å²) < 4.78 is 2.00. The van der Waals surface area contributed by atoms with Crippen LogP contribution in [-0.2, 0) is 4.79 Å². The second-order valence-corrected chi connectivity index (χ2v) is 5.66. The molecule has 100 valence electrons. The molecule has 2 aromatic rings. The van der Waals surface area contributed by atoms with Crippen molar-refractivity contribution < 1.29 is 9.90 Å². The molecule has 1 aromatic carbocycles. The van der Waals surface area contributed by atoms with E-state index in [9.17, 15) is 4.79 Å². The van der Waals surface area contributed by atoms with Crippen molar-refractivity contribution >= 4 is 29.5 Å². The summed E-state index contributed by atoms with van der Waals surface area (Å²) in [6.07, 6.45) is 3.79. The van der Waals surface area contributed by atoms with Gasteiger partial charge in [0.1, 0.15) is 0 Å². The van der Waals surface area contributed by atoms with Crippen LogP contribution in [0.3, 0.4) is 0 Å². The lowest BCUT2D eigenvalue weighted by molar-refractivity contribution is -0.133. The van der Waals surface area contributed by atoms with Gasteiger partial charge in [-0.25, -0.2) is 4.98 Å². The van der Waals surface area contributed by atoms with Gasteiger partial charge in [-0.2, -0.15) is 0 Å². The Labute approximate surface area is 120 Å². The first-order valence-corrected chi connectivity index (χ1v) is 7.87. The van der Waals surface area contributed by atoms with Gasteiger partial charge in [-0.1, -0.05) is 23.9 Å². The Morgan fingerprint density at radius 3 is 2.84 bits per heavy atom. The number of aliphatic carboxylic acids is 1. The molecule has 19 heavy (non-hydrogen) atoms. The second kappa shape index (κ2) is 6.16. The second-order valence-electron chi connectivity index (χ2n) is 3.87. The minimum absolute atomic E-state index is 0.0118. The summed E-state index contributed by atoms with van der Waals surface area (Å²) in [6, 6.07) is 8.03. The molecule has 6 heteroatoms. The standard InChI is InChI=1S/C13H14N2O2S2/c1-9-7-14-13(19-8-12(16)17)15(9)10-5-3-4-6-11(10)18-2/h3-7H,8H2,1-2H3,(H,16,17). The third-order valence-electron chi connectivity index (χ3n) is 2.56. The molecule has 0 aliphatic carbocycles. The highest BCUT2D eigenvalue weighted by Gasteiger charge is 2.13. The van der Waals surface area contributed by atoms with E-state index in [-0.39, 0.29) is 5.75 Å². The van der Waals surface area contributed by atoms with Crippen LogP contribution in [0.2, 0.25) is 0 Å². The van der Waals surface area contributed by atoms with E-state index < -0.39 is 5.97 Å². The molecule has 0 saturated heterocycles. The van der Waals surface area contributed by atoms with Gasteiger partial charge in [0.2, 0.25) is 0 Å². The van der Waals surface area contributed by atoms with Gasteiger partial charge in [0.25, 0.3) is 0 Å². The summed E-state index contributed by atoms with van der Waals surface area (Å²) in [4.78, 5) is 16.1. The van der Waals surface area contributed by atoms with Gasteiger partial charge in [0.15, 0.2) is 5.16 Å². The quantitative estimate of drug-likeness (QED) is 0.859. The Morgan fingerprint density at radius 2 is 2.16 bits per heavy atom. The van der Waals surface area contributed by atoms with Crippen LogP contribution in [0.4, 0.5) is 0 Å². The minimum Gasteiger partial charge on any atom is -0.481 e. The Hall–Kier alpha value is -1.40. The average Bonchev–Trinajstić information content (AvgIpc) is 2.77. The lowest BCUT2D eigenvalue weighted by Crippen LogP contribution is -2.03. The number of benzene rings is 1. The van der Waals surface area contributed by atoms with E-state index in [1.54, 1.807) is 18.0 Å². The van der Waals surface area contributed by atoms with E-state index in [0.29, 0.717) is 5.16 Å². The number of carboxylic acids is 1. The molecule has 0 aliphatic heterocycles. The third-order valence-corrected chi connectivity index (χ3v) is 4.28. The molecule has 1 N–H and O–H groups in total. The molecular formula is C13H14N2O2S2. The fourth-order valence-electron chi connectivity index (χ4n) is 1.75. The number of nitrogens with zero attached hydrogens (tertiary/aromatic N) is 2. The maximum atomic E-state index is 10.7. The summed E-state index contributed by atoms with van der Waals surface area (Å²) in [5.74, 6) is -0.826. The number of imidazole rings is 1. The van der Waals surface area contributed by atoms with E-state index in [4.69, 9.17) is 5.11 Å². The van der Waals surface area contributed by atoms with Crippen LogP contribution in [0.5, 0.6) is 0 Å². The number of thioether (sulfide) groups is 2. The zero-order valence-corrected chi connectivity index (χ0v) is 12.3. The molecule has 0 radical (unpaired) electrons. The highest BCUT2D eigenvalue weighted by Crippen LogP contribution is 2.29. The van der Waals surface area contributed by atoms with Gasteiger partial charge in [-0.3, -0.25) is 9.36 Å². The van der Waals surface area contributed by atoms with Crippen LogP contribution in [0.25, 0.3) is 5.69 Å². The van der Waals surface area contributed by atoms with E-state index >= 15 is 0 Å². The van der Waals surface area contributed by atoms with Crippen molar-refractivity contribution in [1.29, 1.82) is 0 Å². The lowest BCUT2D eigenvalue weighted by Gasteiger charge is -2.12. The maximum Gasteiger partial charge on any atom is 0.313 e. The summed E-state index contributed by atoms with van der Waals surface area (Å²) >= 11 is 2.89. The fraction of sp³-hybridized carbons (Fsp3) is 0.231. The van der Waals surface area contributed by atoms with Gasteiger partial charge in [-0.05, 0) is 25.3 Å². The van der Waals surface area contributed by atoms with Crippen LogP contribution in [-0.4, -0.2) is 32.6 Å². The topological polar surface area (TPSA) is 55.1 Å². The van der Waals surface area contributed by atoms with Crippen molar-refractivity contribution in [3.63, 3.8) is 0 Å². The molecule has 0 fully saturated rings. The number of rotatable bonds is 5. The summed E-state index contributed by atoms with van der Waals surface area (Å²) in [7, 11) is 0. The highest BCUT2D eigenvalue weighted by atomic mass is 32.2. The van der Waals surface area contributed by atoms with Crippen molar-refractivity contribution in [1.82, 2.24) is 9.55 Å². The predicted octanol–water partition coefficient (Wildman–Crippen LogP) is 3.08. The van der Waals surface area contributed by atoms with Crippen LogP contribution >= 0.6 is 23.5 Å². The van der Waals surface area contributed by atoms with Crippen LogP contribution < -0.4 is 0 Å². The van der Waals surface area contributed by atoms with Crippen molar-refractivity contribution in [2.75, 3.05) is 12.0 Å². The molecule has 0 bridgehead atoms. The summed E-state index contributed by atoms with van der Waals surface area (Å²) in [6.45, 7) is 1.97. The number of aromatic nitrogens is 2. The zero-order valence-electron chi connectivity index (χ0n) is 10.7. The molecule has 0 atom stereocenters. The van der Waals surface area contributed by atoms with Crippen LogP contribution in [0, 0.1) is 6.92 Å². The Kier molecular flexibility index (Phi) is 4.55. The lowest BCUT2D eigenvalue weighted by atomic mass is 10.3. The van der Waals surface area contributed by atoms with E-state index in [1.807, 2.05) is 42.0 Å². The van der Waals surface area contributed by atoms with Gasteiger partial charge in [0.05, 0.1) is 11.4 Å². The Morgan fingerprint density at radius 1 is 1.42 bits per heavy atom. The maximum absolute atomic E-state index is 10.7. The SMILES string of the molecule is CSc1ccccc1-n1c(C)cnc1SCC(=O)O. The molecule has 0 aliphatic rings. The molecule has 0 spiro atoms. The van der Waals surface area contributed by atoms with E-state index in [0.717, 1.165) is 16.3 Å². The molecule has 0 amide bonds. The number of aryl methyl sites for hydroxylation is 1. The first kappa shape index (κ1) is 14.0. The first-order chi connectivity index (χ1) is 9.13. The Bertz CT molecular complexity index is 596. The molecule has 4 nitrogen and oxygen atoms in total. The normalized spacial score (nSPS) is 10.6. The smallest absolute Gasteiger partial charge is 0.313 e. The fourth-order valence-corrected chi connectivity index (χ4v) is 3.08. The van der Waals surface area contributed by atoms with Crippen molar-refractivity contribution in [2.24, 2.45) is 0 Å².